The summed E-state index contributed by atoms with van der Waals surface area (Å²) in [4.78, 5) is 27.4. The normalized spacial score (nSPS) is 13.2. The molecule has 0 saturated heterocycles. The Morgan fingerprint density at radius 3 is 2.35 bits per heavy atom. The van der Waals surface area contributed by atoms with Crippen LogP contribution in [-0.2, 0) is 9.59 Å². The number of carboxylic acids is 1. The first-order valence-corrected chi connectivity index (χ1v) is 9.26. The largest absolute Gasteiger partial charge is 0.481 e. The first kappa shape index (κ1) is 20.0. The van der Waals surface area contributed by atoms with E-state index in [1.807, 2.05) is 54.6 Å². The average molecular weight is 372 g/mol. The summed E-state index contributed by atoms with van der Waals surface area (Å²) in [6.07, 6.45) is 0. The molecule has 1 amide bonds. The number of amides is 1. The van der Waals surface area contributed by atoms with Gasteiger partial charge in [-0.05, 0) is 38.2 Å². The van der Waals surface area contributed by atoms with Crippen molar-refractivity contribution < 1.29 is 14.7 Å². The molecule has 0 heterocycles. The highest BCUT2D eigenvalue weighted by Crippen LogP contribution is 2.33. The number of likely N-dealkylation sites (N-methyl/N-ethyl adjacent to an activating group) is 1. The highest BCUT2D eigenvalue weighted by atomic mass is 32.2. The second-order valence-corrected chi connectivity index (χ2v) is 7.37. The highest BCUT2D eigenvalue weighted by molar-refractivity contribution is 7.99. The fourth-order valence-corrected chi connectivity index (χ4v) is 3.30. The molecule has 2 N–H and O–H groups in total. The first-order chi connectivity index (χ1) is 12.4. The first-order valence-electron chi connectivity index (χ1n) is 8.44. The van der Waals surface area contributed by atoms with Gasteiger partial charge in [0.05, 0.1) is 17.6 Å². The lowest BCUT2D eigenvalue weighted by molar-refractivity contribution is -0.142. The molecule has 0 spiro atoms. The molecule has 0 aliphatic heterocycles. The molecular formula is C20H24N2O3S. The lowest BCUT2D eigenvalue weighted by Crippen LogP contribution is -2.42. The van der Waals surface area contributed by atoms with Crippen LogP contribution in [-0.4, -0.2) is 41.5 Å². The molecule has 0 saturated carbocycles. The van der Waals surface area contributed by atoms with E-state index in [0.29, 0.717) is 6.54 Å². The number of nitrogens with one attached hydrogen (secondary N) is 1. The van der Waals surface area contributed by atoms with Gasteiger partial charge in [-0.25, -0.2) is 0 Å². The van der Waals surface area contributed by atoms with Crippen molar-refractivity contribution in [1.82, 2.24) is 4.90 Å². The standard InChI is InChI=1S/C20H24N2O3S/c1-14(20(24)25)13-22(3)15(2)19(23)21-17-11-7-8-12-18(17)26-16-9-5-4-6-10-16/h4-12,14-15H,13H2,1-3H3,(H,21,23)(H,24,25). The van der Waals surface area contributed by atoms with Crippen molar-refractivity contribution in [3.05, 3.63) is 54.6 Å². The van der Waals surface area contributed by atoms with Crippen molar-refractivity contribution in [3.8, 4) is 0 Å². The zero-order valence-corrected chi connectivity index (χ0v) is 16.0. The number of hydrogen-bond acceptors (Lipinski definition) is 4. The number of hydrogen-bond donors (Lipinski definition) is 2. The van der Waals surface area contributed by atoms with Gasteiger partial charge in [0.1, 0.15) is 0 Å². The van der Waals surface area contributed by atoms with Gasteiger partial charge in [0.25, 0.3) is 0 Å². The van der Waals surface area contributed by atoms with E-state index in [0.717, 1.165) is 15.5 Å². The van der Waals surface area contributed by atoms with Crippen molar-refractivity contribution in [2.75, 3.05) is 18.9 Å². The summed E-state index contributed by atoms with van der Waals surface area (Å²) < 4.78 is 0. The molecular weight excluding hydrogens is 348 g/mol. The van der Waals surface area contributed by atoms with Gasteiger partial charge in [-0.2, -0.15) is 0 Å². The van der Waals surface area contributed by atoms with Crippen LogP contribution < -0.4 is 5.32 Å². The predicted octanol–water partition coefficient (Wildman–Crippen LogP) is 3.82. The molecule has 0 bridgehead atoms. The van der Waals surface area contributed by atoms with Gasteiger partial charge in [0.15, 0.2) is 0 Å². The number of anilines is 1. The SMILES string of the molecule is CC(CN(C)C(C)C(=O)Nc1ccccc1Sc1ccccc1)C(=O)O. The Kier molecular flexibility index (Phi) is 7.24. The quantitative estimate of drug-likeness (QED) is 0.737. The molecule has 2 atom stereocenters. The van der Waals surface area contributed by atoms with Crippen molar-refractivity contribution in [2.45, 2.75) is 29.7 Å². The molecule has 0 aliphatic carbocycles. The van der Waals surface area contributed by atoms with Crippen LogP contribution in [0.25, 0.3) is 0 Å². The van der Waals surface area contributed by atoms with Crippen LogP contribution in [0.5, 0.6) is 0 Å². The monoisotopic (exact) mass is 372 g/mol. The van der Waals surface area contributed by atoms with E-state index in [9.17, 15) is 9.59 Å². The van der Waals surface area contributed by atoms with Gasteiger partial charge in [-0.15, -0.1) is 0 Å². The Morgan fingerprint density at radius 1 is 1.08 bits per heavy atom. The van der Waals surface area contributed by atoms with E-state index in [4.69, 9.17) is 5.11 Å². The third-order valence-corrected chi connectivity index (χ3v) is 5.22. The molecule has 2 aromatic carbocycles. The van der Waals surface area contributed by atoms with Crippen molar-refractivity contribution in [1.29, 1.82) is 0 Å². The summed E-state index contributed by atoms with van der Waals surface area (Å²) in [5.41, 5.74) is 0.748. The van der Waals surface area contributed by atoms with E-state index in [-0.39, 0.29) is 5.91 Å². The summed E-state index contributed by atoms with van der Waals surface area (Å²) in [6, 6.07) is 17.2. The number of carbonyl (C=O) groups is 2. The molecule has 2 rings (SSSR count). The maximum Gasteiger partial charge on any atom is 0.307 e. The van der Waals surface area contributed by atoms with E-state index < -0.39 is 17.9 Å². The van der Waals surface area contributed by atoms with Gasteiger partial charge in [-0.3, -0.25) is 14.5 Å². The second kappa shape index (κ2) is 9.40. The Hall–Kier alpha value is -2.31. The Morgan fingerprint density at radius 2 is 1.69 bits per heavy atom. The number of rotatable bonds is 8. The molecule has 2 aromatic rings. The van der Waals surface area contributed by atoms with Crippen LogP contribution in [0, 0.1) is 5.92 Å². The van der Waals surface area contributed by atoms with Crippen LogP contribution >= 0.6 is 11.8 Å². The fourth-order valence-electron chi connectivity index (χ4n) is 2.38. The van der Waals surface area contributed by atoms with Gasteiger partial charge < -0.3 is 10.4 Å². The molecule has 2 unspecified atom stereocenters. The molecule has 0 aromatic heterocycles. The topological polar surface area (TPSA) is 69.6 Å². The Labute approximate surface area is 158 Å². The van der Waals surface area contributed by atoms with Crippen LogP contribution in [0.2, 0.25) is 0 Å². The molecule has 6 heteroatoms. The number of carboxylic acid groups (broad SMARTS) is 1. The van der Waals surface area contributed by atoms with Crippen molar-refractivity contribution >= 4 is 29.3 Å². The van der Waals surface area contributed by atoms with Crippen LogP contribution in [0.4, 0.5) is 5.69 Å². The second-order valence-electron chi connectivity index (χ2n) is 6.26. The summed E-state index contributed by atoms with van der Waals surface area (Å²) in [5.74, 6) is -1.56. The van der Waals surface area contributed by atoms with Crippen molar-refractivity contribution in [3.63, 3.8) is 0 Å². The van der Waals surface area contributed by atoms with Crippen LogP contribution in [0.1, 0.15) is 13.8 Å². The number of aliphatic carboxylic acids is 1. The average Bonchev–Trinajstić information content (AvgIpc) is 2.63. The van der Waals surface area contributed by atoms with E-state index in [1.54, 1.807) is 37.6 Å². The van der Waals surface area contributed by atoms with E-state index in [2.05, 4.69) is 5.32 Å². The summed E-state index contributed by atoms with van der Waals surface area (Å²) >= 11 is 1.58. The zero-order valence-electron chi connectivity index (χ0n) is 15.2. The van der Waals surface area contributed by atoms with Gasteiger partial charge in [0, 0.05) is 16.3 Å². The number of benzene rings is 2. The van der Waals surface area contributed by atoms with Gasteiger partial charge in [0.2, 0.25) is 5.91 Å². The van der Waals surface area contributed by atoms with Gasteiger partial charge >= 0.3 is 5.97 Å². The highest BCUT2D eigenvalue weighted by Gasteiger charge is 2.22. The van der Waals surface area contributed by atoms with E-state index in [1.165, 1.54) is 0 Å². The minimum absolute atomic E-state index is 0.161. The predicted molar refractivity (Wildman–Crippen MR) is 105 cm³/mol. The van der Waals surface area contributed by atoms with Gasteiger partial charge in [-0.1, -0.05) is 49.0 Å². The molecule has 0 aliphatic rings. The smallest absolute Gasteiger partial charge is 0.307 e. The van der Waals surface area contributed by atoms with Crippen LogP contribution in [0.15, 0.2) is 64.4 Å². The van der Waals surface area contributed by atoms with Crippen molar-refractivity contribution in [2.24, 2.45) is 5.92 Å². The minimum Gasteiger partial charge on any atom is -0.481 e. The summed E-state index contributed by atoms with van der Waals surface area (Å²) in [7, 11) is 1.76. The maximum absolute atomic E-state index is 12.6. The molecule has 5 nitrogen and oxygen atoms in total. The summed E-state index contributed by atoms with van der Waals surface area (Å²) in [6.45, 7) is 3.72. The Balaban J connectivity index is 2.05. The number of nitrogens with zero attached hydrogens (tertiary/aromatic N) is 1. The maximum atomic E-state index is 12.6. The third kappa shape index (κ3) is 5.61. The van der Waals surface area contributed by atoms with E-state index >= 15 is 0 Å². The fraction of sp³-hybridized carbons (Fsp3) is 0.300. The Bertz CT molecular complexity index is 752. The number of para-hydroxylation sites is 1. The summed E-state index contributed by atoms with van der Waals surface area (Å²) in [5, 5.41) is 12.0. The lowest BCUT2D eigenvalue weighted by atomic mass is 10.1. The molecule has 0 radical (unpaired) electrons. The third-order valence-electron chi connectivity index (χ3n) is 4.14. The molecule has 0 fully saturated rings. The minimum atomic E-state index is -0.867. The zero-order chi connectivity index (χ0) is 19.1. The lowest BCUT2D eigenvalue weighted by Gasteiger charge is -2.25. The number of carbonyl (C=O) groups excluding carboxylic acids is 1. The molecule has 138 valence electrons. The van der Waals surface area contributed by atoms with Crippen LogP contribution in [0.3, 0.4) is 0 Å². The molecule has 26 heavy (non-hydrogen) atoms.